The zero-order valence-corrected chi connectivity index (χ0v) is 16.8. The number of benzene rings is 1. The highest BCUT2D eigenvalue weighted by Gasteiger charge is 2.25. The Hall–Kier alpha value is -1.87. The summed E-state index contributed by atoms with van der Waals surface area (Å²) in [7, 11) is 0. The predicted octanol–water partition coefficient (Wildman–Crippen LogP) is 3.29. The van der Waals surface area contributed by atoms with Crippen molar-refractivity contribution < 1.29 is 19.2 Å². The molecule has 144 valence electrons. The maximum absolute atomic E-state index is 12.0. The van der Waals surface area contributed by atoms with Crippen LogP contribution in [0.15, 0.2) is 22.7 Å². The van der Waals surface area contributed by atoms with Gasteiger partial charge in [-0.05, 0) is 42.8 Å². The zero-order valence-electron chi connectivity index (χ0n) is 15.2. The van der Waals surface area contributed by atoms with Crippen molar-refractivity contribution in [1.29, 1.82) is 0 Å². The van der Waals surface area contributed by atoms with E-state index in [-0.39, 0.29) is 11.8 Å². The fourth-order valence-corrected chi connectivity index (χ4v) is 2.97. The SMILES string of the molecule is CC(C)(C)OC(=O)N1CCN(CCOc2ccc([N+](=O)[O-])cc2Br)CC1. The Labute approximate surface area is 161 Å². The van der Waals surface area contributed by atoms with E-state index in [0.29, 0.717) is 36.5 Å². The van der Waals surface area contributed by atoms with Gasteiger partial charge in [0.1, 0.15) is 18.0 Å². The molecule has 0 aromatic heterocycles. The third-order valence-corrected chi connectivity index (χ3v) is 4.44. The monoisotopic (exact) mass is 429 g/mol. The van der Waals surface area contributed by atoms with Gasteiger partial charge in [-0.1, -0.05) is 0 Å². The number of piperazine rings is 1. The van der Waals surface area contributed by atoms with Crippen molar-refractivity contribution in [3.63, 3.8) is 0 Å². The number of nitro groups is 1. The van der Waals surface area contributed by atoms with Crippen LogP contribution in [0.5, 0.6) is 5.75 Å². The zero-order chi connectivity index (χ0) is 19.3. The van der Waals surface area contributed by atoms with Gasteiger partial charge in [-0.25, -0.2) is 4.79 Å². The molecule has 9 heteroatoms. The molecular formula is C17H24BrN3O5. The molecule has 1 fully saturated rings. The summed E-state index contributed by atoms with van der Waals surface area (Å²) in [5.41, 5.74) is -0.470. The van der Waals surface area contributed by atoms with E-state index in [0.717, 1.165) is 13.1 Å². The molecule has 0 aliphatic carbocycles. The van der Waals surface area contributed by atoms with E-state index in [2.05, 4.69) is 20.8 Å². The lowest BCUT2D eigenvalue weighted by Gasteiger charge is -2.35. The fourth-order valence-electron chi connectivity index (χ4n) is 2.49. The highest BCUT2D eigenvalue weighted by Crippen LogP contribution is 2.29. The fraction of sp³-hybridized carbons (Fsp3) is 0.588. The number of hydrogen-bond donors (Lipinski definition) is 0. The quantitative estimate of drug-likeness (QED) is 0.527. The normalized spacial score (nSPS) is 15.6. The first-order valence-corrected chi connectivity index (χ1v) is 9.22. The Bertz CT molecular complexity index is 654. The molecule has 0 unspecified atom stereocenters. The maximum atomic E-state index is 12.0. The smallest absolute Gasteiger partial charge is 0.410 e. The molecule has 8 nitrogen and oxygen atoms in total. The summed E-state index contributed by atoms with van der Waals surface area (Å²) in [6.07, 6.45) is -0.275. The summed E-state index contributed by atoms with van der Waals surface area (Å²) in [4.78, 5) is 26.3. The van der Waals surface area contributed by atoms with Gasteiger partial charge in [0.05, 0.1) is 9.40 Å². The Morgan fingerprint density at radius 1 is 1.27 bits per heavy atom. The number of nitro benzene ring substituents is 1. The highest BCUT2D eigenvalue weighted by molar-refractivity contribution is 9.10. The van der Waals surface area contributed by atoms with Gasteiger partial charge in [0, 0.05) is 44.9 Å². The van der Waals surface area contributed by atoms with Crippen LogP contribution < -0.4 is 4.74 Å². The van der Waals surface area contributed by atoms with Gasteiger partial charge in [0.2, 0.25) is 0 Å². The van der Waals surface area contributed by atoms with Crippen LogP contribution in [0.4, 0.5) is 10.5 Å². The standard InChI is InChI=1S/C17H24BrN3O5/c1-17(2,3)26-16(22)20-8-6-19(7-9-20)10-11-25-15-5-4-13(21(23)24)12-14(15)18/h4-5,12H,6-11H2,1-3H3. The van der Waals surface area contributed by atoms with Crippen molar-refractivity contribution in [3.05, 3.63) is 32.8 Å². The Morgan fingerprint density at radius 2 is 1.92 bits per heavy atom. The van der Waals surface area contributed by atoms with E-state index in [4.69, 9.17) is 9.47 Å². The van der Waals surface area contributed by atoms with E-state index < -0.39 is 10.5 Å². The van der Waals surface area contributed by atoms with Crippen LogP contribution in [0.3, 0.4) is 0 Å². The first-order chi connectivity index (χ1) is 12.2. The molecule has 0 bridgehead atoms. The minimum Gasteiger partial charge on any atom is -0.491 e. The molecule has 1 aliphatic heterocycles. The molecule has 1 aromatic carbocycles. The Morgan fingerprint density at radius 3 is 2.46 bits per heavy atom. The third kappa shape index (κ3) is 6.14. The van der Waals surface area contributed by atoms with E-state index in [9.17, 15) is 14.9 Å². The van der Waals surface area contributed by atoms with Crippen LogP contribution in [-0.4, -0.2) is 65.7 Å². The molecule has 1 saturated heterocycles. The van der Waals surface area contributed by atoms with Gasteiger partial charge >= 0.3 is 6.09 Å². The molecule has 0 atom stereocenters. The van der Waals surface area contributed by atoms with Crippen LogP contribution in [0, 0.1) is 10.1 Å². The average Bonchev–Trinajstić information content (AvgIpc) is 2.55. The van der Waals surface area contributed by atoms with Crippen LogP contribution in [0.1, 0.15) is 20.8 Å². The first kappa shape index (κ1) is 20.4. The van der Waals surface area contributed by atoms with Gasteiger partial charge in [-0.3, -0.25) is 15.0 Å². The molecular weight excluding hydrogens is 406 g/mol. The highest BCUT2D eigenvalue weighted by atomic mass is 79.9. The summed E-state index contributed by atoms with van der Waals surface area (Å²) < 4.78 is 11.6. The van der Waals surface area contributed by atoms with Crippen LogP contribution in [0.2, 0.25) is 0 Å². The van der Waals surface area contributed by atoms with Crippen molar-refractivity contribution in [1.82, 2.24) is 9.80 Å². The number of rotatable bonds is 5. The number of halogens is 1. The number of hydrogen-bond acceptors (Lipinski definition) is 6. The lowest BCUT2D eigenvalue weighted by atomic mass is 10.2. The molecule has 1 amide bonds. The summed E-state index contributed by atoms with van der Waals surface area (Å²) in [5, 5.41) is 10.7. The lowest BCUT2D eigenvalue weighted by Crippen LogP contribution is -2.50. The van der Waals surface area contributed by atoms with E-state index in [1.165, 1.54) is 12.1 Å². The molecule has 1 aliphatic rings. The van der Waals surface area contributed by atoms with Gasteiger partial charge in [-0.15, -0.1) is 0 Å². The third-order valence-electron chi connectivity index (χ3n) is 3.82. The van der Waals surface area contributed by atoms with Crippen molar-refractivity contribution in [2.75, 3.05) is 39.3 Å². The molecule has 0 spiro atoms. The van der Waals surface area contributed by atoms with Crippen molar-refractivity contribution in [2.45, 2.75) is 26.4 Å². The minimum absolute atomic E-state index is 0.0162. The summed E-state index contributed by atoms with van der Waals surface area (Å²) in [5.74, 6) is 0.572. The van der Waals surface area contributed by atoms with Gasteiger partial charge in [0.25, 0.3) is 5.69 Å². The number of nitrogens with zero attached hydrogens (tertiary/aromatic N) is 3. The second-order valence-electron chi connectivity index (χ2n) is 7.03. The molecule has 26 heavy (non-hydrogen) atoms. The van der Waals surface area contributed by atoms with E-state index in [1.807, 2.05) is 20.8 Å². The van der Waals surface area contributed by atoms with Gasteiger partial charge < -0.3 is 14.4 Å². The number of non-ortho nitro benzene ring substituents is 1. The number of carbonyl (C=O) groups excluding carboxylic acids is 1. The maximum Gasteiger partial charge on any atom is 0.410 e. The van der Waals surface area contributed by atoms with Crippen molar-refractivity contribution in [3.8, 4) is 5.75 Å². The van der Waals surface area contributed by atoms with Gasteiger partial charge in [-0.2, -0.15) is 0 Å². The Kier molecular flexibility index (Phi) is 6.82. The van der Waals surface area contributed by atoms with Gasteiger partial charge in [0.15, 0.2) is 0 Å². The summed E-state index contributed by atoms with van der Waals surface area (Å²) in [6, 6.07) is 4.43. The molecule has 0 N–H and O–H groups in total. The molecule has 0 saturated carbocycles. The summed E-state index contributed by atoms with van der Waals surface area (Å²) in [6.45, 7) is 9.49. The number of ether oxygens (including phenoxy) is 2. The van der Waals surface area contributed by atoms with Crippen LogP contribution in [0.25, 0.3) is 0 Å². The van der Waals surface area contributed by atoms with E-state index in [1.54, 1.807) is 11.0 Å². The second kappa shape index (κ2) is 8.68. The van der Waals surface area contributed by atoms with E-state index >= 15 is 0 Å². The second-order valence-corrected chi connectivity index (χ2v) is 7.88. The largest absolute Gasteiger partial charge is 0.491 e. The topological polar surface area (TPSA) is 85.2 Å². The molecule has 1 aromatic rings. The molecule has 1 heterocycles. The van der Waals surface area contributed by atoms with Crippen molar-refractivity contribution >= 4 is 27.7 Å². The number of carbonyl (C=O) groups is 1. The molecule has 0 radical (unpaired) electrons. The van der Waals surface area contributed by atoms with Crippen LogP contribution in [-0.2, 0) is 4.74 Å². The summed E-state index contributed by atoms with van der Waals surface area (Å²) >= 11 is 3.29. The van der Waals surface area contributed by atoms with Crippen molar-refractivity contribution in [2.24, 2.45) is 0 Å². The lowest BCUT2D eigenvalue weighted by molar-refractivity contribution is -0.385. The molecule has 2 rings (SSSR count). The number of amides is 1. The van der Waals surface area contributed by atoms with Crippen LogP contribution >= 0.6 is 15.9 Å². The first-order valence-electron chi connectivity index (χ1n) is 8.43. The predicted molar refractivity (Wildman–Crippen MR) is 101 cm³/mol. The Balaban J connectivity index is 1.74. The average molecular weight is 430 g/mol. The minimum atomic E-state index is -0.486.